The second-order valence-electron chi connectivity index (χ2n) is 7.15. The van der Waals surface area contributed by atoms with Crippen LogP contribution in [0, 0.1) is 0 Å². The van der Waals surface area contributed by atoms with Gasteiger partial charge in [-0.2, -0.15) is 4.72 Å². The maximum atomic E-state index is 12.8. The summed E-state index contributed by atoms with van der Waals surface area (Å²) in [6, 6.07) is 19.8. The summed E-state index contributed by atoms with van der Waals surface area (Å²) in [6.45, 7) is 3.91. The van der Waals surface area contributed by atoms with Crippen molar-refractivity contribution in [2.24, 2.45) is 0 Å². The van der Waals surface area contributed by atoms with Crippen molar-refractivity contribution in [1.82, 2.24) is 4.72 Å². The van der Waals surface area contributed by atoms with Gasteiger partial charge < -0.3 is 14.8 Å². The number of benzene rings is 3. The van der Waals surface area contributed by atoms with E-state index in [0.717, 1.165) is 5.56 Å². The van der Waals surface area contributed by atoms with E-state index in [-0.39, 0.29) is 22.3 Å². The molecule has 0 radical (unpaired) electrons. The van der Waals surface area contributed by atoms with Crippen LogP contribution >= 0.6 is 11.6 Å². The first-order valence-corrected chi connectivity index (χ1v) is 12.2. The van der Waals surface area contributed by atoms with Gasteiger partial charge in [0.2, 0.25) is 15.9 Å². The SMILES string of the molecule is CCOc1ccc(Cl)cc1S(=O)(=O)NC(C)C(=O)Nc1ccc(OCc2ccccc2)cc1. The molecule has 0 spiro atoms. The van der Waals surface area contributed by atoms with Crippen molar-refractivity contribution in [3.8, 4) is 11.5 Å². The first kappa shape index (κ1) is 24.6. The molecule has 0 bridgehead atoms. The summed E-state index contributed by atoms with van der Waals surface area (Å²) in [5, 5.41) is 2.93. The molecule has 3 aromatic carbocycles. The van der Waals surface area contributed by atoms with E-state index < -0.39 is 22.0 Å². The van der Waals surface area contributed by atoms with Gasteiger partial charge >= 0.3 is 0 Å². The molecule has 1 unspecified atom stereocenters. The molecule has 7 nitrogen and oxygen atoms in total. The number of hydrogen-bond acceptors (Lipinski definition) is 5. The van der Waals surface area contributed by atoms with Gasteiger partial charge in [0.1, 0.15) is 23.0 Å². The maximum Gasteiger partial charge on any atom is 0.245 e. The Balaban J connectivity index is 1.60. The zero-order valence-electron chi connectivity index (χ0n) is 18.2. The van der Waals surface area contributed by atoms with Crippen LogP contribution in [-0.4, -0.2) is 27.0 Å². The fraction of sp³-hybridized carbons (Fsp3) is 0.208. The third-order valence-electron chi connectivity index (χ3n) is 4.59. The van der Waals surface area contributed by atoms with Crippen molar-refractivity contribution in [3.05, 3.63) is 83.4 Å². The highest BCUT2D eigenvalue weighted by molar-refractivity contribution is 7.89. The molecule has 0 heterocycles. The highest BCUT2D eigenvalue weighted by Crippen LogP contribution is 2.27. The Kier molecular flexibility index (Phi) is 8.32. The zero-order chi connectivity index (χ0) is 23.8. The lowest BCUT2D eigenvalue weighted by atomic mass is 10.2. The van der Waals surface area contributed by atoms with E-state index in [4.69, 9.17) is 21.1 Å². The van der Waals surface area contributed by atoms with E-state index in [1.165, 1.54) is 25.1 Å². The van der Waals surface area contributed by atoms with Crippen molar-refractivity contribution >= 4 is 33.2 Å². The average molecular weight is 489 g/mol. The van der Waals surface area contributed by atoms with Crippen LogP contribution in [0.5, 0.6) is 11.5 Å². The number of nitrogens with one attached hydrogen (secondary N) is 2. The molecule has 0 saturated carbocycles. The van der Waals surface area contributed by atoms with Gasteiger partial charge in [0.25, 0.3) is 0 Å². The molecule has 3 rings (SSSR count). The molecule has 174 valence electrons. The van der Waals surface area contributed by atoms with Gasteiger partial charge in [-0.25, -0.2) is 8.42 Å². The molecule has 9 heteroatoms. The van der Waals surface area contributed by atoms with Crippen molar-refractivity contribution in [3.63, 3.8) is 0 Å². The molecule has 2 N–H and O–H groups in total. The first-order chi connectivity index (χ1) is 15.8. The highest BCUT2D eigenvalue weighted by Gasteiger charge is 2.25. The monoisotopic (exact) mass is 488 g/mol. The van der Waals surface area contributed by atoms with Gasteiger partial charge in [-0.3, -0.25) is 4.79 Å². The van der Waals surface area contributed by atoms with E-state index in [9.17, 15) is 13.2 Å². The largest absolute Gasteiger partial charge is 0.492 e. The Morgan fingerprint density at radius 2 is 1.70 bits per heavy atom. The molecule has 0 saturated heterocycles. The molecule has 0 fully saturated rings. The molecule has 33 heavy (non-hydrogen) atoms. The third kappa shape index (κ3) is 6.95. The summed E-state index contributed by atoms with van der Waals surface area (Å²) in [4.78, 5) is 12.4. The van der Waals surface area contributed by atoms with Crippen LogP contribution < -0.4 is 19.5 Å². The standard InChI is InChI=1S/C24H25ClN2O5S/c1-3-31-22-14-9-19(25)15-23(22)33(29,30)27-17(2)24(28)26-20-10-12-21(13-11-20)32-16-18-7-5-4-6-8-18/h4-15,17,27H,3,16H2,1-2H3,(H,26,28). The number of hydrogen-bond donors (Lipinski definition) is 2. The predicted molar refractivity (Wildman–Crippen MR) is 128 cm³/mol. The lowest BCUT2D eigenvalue weighted by Crippen LogP contribution is -2.41. The molecule has 0 aliphatic heterocycles. The van der Waals surface area contributed by atoms with E-state index in [0.29, 0.717) is 18.0 Å². The number of carbonyl (C=O) groups excluding carboxylic acids is 1. The molecule has 1 atom stereocenters. The molecule has 1 amide bonds. The average Bonchev–Trinajstić information content (AvgIpc) is 2.80. The second-order valence-corrected chi connectivity index (χ2v) is 9.27. The normalized spacial score (nSPS) is 12.1. The van der Waals surface area contributed by atoms with E-state index in [1.54, 1.807) is 31.2 Å². The molecular formula is C24H25ClN2O5S. The van der Waals surface area contributed by atoms with Crippen LogP contribution in [0.2, 0.25) is 5.02 Å². The van der Waals surface area contributed by atoms with Crippen LogP contribution in [0.1, 0.15) is 19.4 Å². The Morgan fingerprint density at radius 1 is 1.00 bits per heavy atom. The van der Waals surface area contributed by atoms with Crippen LogP contribution in [0.15, 0.2) is 77.7 Å². The van der Waals surface area contributed by atoms with Gasteiger partial charge in [0, 0.05) is 10.7 Å². The fourth-order valence-electron chi connectivity index (χ4n) is 2.94. The maximum absolute atomic E-state index is 12.8. The van der Waals surface area contributed by atoms with Crippen molar-refractivity contribution < 1.29 is 22.7 Å². The number of ether oxygens (including phenoxy) is 2. The van der Waals surface area contributed by atoms with Crippen molar-refractivity contribution in [2.75, 3.05) is 11.9 Å². The van der Waals surface area contributed by atoms with Gasteiger partial charge in [-0.15, -0.1) is 0 Å². The van der Waals surface area contributed by atoms with E-state index in [2.05, 4.69) is 10.0 Å². The van der Waals surface area contributed by atoms with Crippen molar-refractivity contribution in [2.45, 2.75) is 31.4 Å². The van der Waals surface area contributed by atoms with Gasteiger partial charge in [-0.05, 0) is 61.9 Å². The number of anilines is 1. The number of rotatable bonds is 10. The Labute approximate surface area is 198 Å². The molecule has 0 aliphatic rings. The Hall–Kier alpha value is -3.07. The lowest BCUT2D eigenvalue weighted by molar-refractivity contribution is -0.117. The molecule has 0 aliphatic carbocycles. The zero-order valence-corrected chi connectivity index (χ0v) is 19.8. The summed E-state index contributed by atoms with van der Waals surface area (Å²) in [6.07, 6.45) is 0. The minimum absolute atomic E-state index is 0.128. The number of amides is 1. The highest BCUT2D eigenvalue weighted by atomic mass is 35.5. The second kappa shape index (κ2) is 11.2. The van der Waals surface area contributed by atoms with E-state index in [1.807, 2.05) is 30.3 Å². The summed E-state index contributed by atoms with van der Waals surface area (Å²) in [7, 11) is -4.05. The minimum atomic E-state index is -4.05. The van der Waals surface area contributed by atoms with Crippen molar-refractivity contribution in [1.29, 1.82) is 0 Å². The molecule has 3 aromatic rings. The van der Waals surface area contributed by atoms with Crippen LogP contribution in [0.25, 0.3) is 0 Å². The molecule has 0 aromatic heterocycles. The van der Waals surface area contributed by atoms with Crippen LogP contribution in [0.4, 0.5) is 5.69 Å². The smallest absolute Gasteiger partial charge is 0.245 e. The number of sulfonamides is 1. The minimum Gasteiger partial charge on any atom is -0.492 e. The fourth-order valence-corrected chi connectivity index (χ4v) is 4.55. The lowest BCUT2D eigenvalue weighted by Gasteiger charge is -2.17. The third-order valence-corrected chi connectivity index (χ3v) is 6.39. The number of halogens is 1. The molecular weight excluding hydrogens is 464 g/mol. The summed E-state index contributed by atoms with van der Waals surface area (Å²) in [5.41, 5.74) is 1.55. The van der Waals surface area contributed by atoms with Crippen LogP contribution in [0.3, 0.4) is 0 Å². The van der Waals surface area contributed by atoms with Gasteiger partial charge in [0.15, 0.2) is 0 Å². The topological polar surface area (TPSA) is 93.7 Å². The van der Waals surface area contributed by atoms with E-state index >= 15 is 0 Å². The number of carbonyl (C=O) groups is 1. The summed E-state index contributed by atoms with van der Waals surface area (Å²) < 4.78 is 39.1. The Bertz CT molecular complexity index is 1190. The van der Waals surface area contributed by atoms with Gasteiger partial charge in [-0.1, -0.05) is 41.9 Å². The van der Waals surface area contributed by atoms with Crippen LogP contribution in [-0.2, 0) is 21.4 Å². The first-order valence-electron chi connectivity index (χ1n) is 10.3. The quantitative estimate of drug-likeness (QED) is 0.434. The Morgan fingerprint density at radius 3 is 2.36 bits per heavy atom. The summed E-state index contributed by atoms with van der Waals surface area (Å²) >= 11 is 5.96. The summed E-state index contributed by atoms with van der Waals surface area (Å²) in [5.74, 6) is 0.291. The predicted octanol–water partition coefficient (Wildman–Crippen LogP) is 4.62. The van der Waals surface area contributed by atoms with Gasteiger partial charge in [0.05, 0.1) is 12.6 Å².